The monoisotopic (exact) mass is 353 g/mol. The molecule has 0 fully saturated rings. The minimum atomic E-state index is 1.19. The molecular formula is C25H25N2+. The molecule has 0 aliphatic heterocycles. The molecule has 0 saturated heterocycles. The number of hydrogen-bond acceptors (Lipinski definition) is 0. The van der Waals surface area contributed by atoms with Crippen LogP contribution in [0.4, 0.5) is 0 Å². The minimum Gasteiger partial charge on any atom is -0.318 e. The van der Waals surface area contributed by atoms with E-state index >= 15 is 0 Å². The van der Waals surface area contributed by atoms with Gasteiger partial charge in [-0.05, 0) is 68.3 Å². The summed E-state index contributed by atoms with van der Waals surface area (Å²) >= 11 is 0. The zero-order chi connectivity index (χ0) is 19.0. The number of para-hydroxylation sites is 1. The van der Waals surface area contributed by atoms with Crippen molar-refractivity contribution in [2.75, 3.05) is 0 Å². The molecule has 2 heteroatoms. The van der Waals surface area contributed by atoms with E-state index in [1.165, 1.54) is 44.8 Å². The van der Waals surface area contributed by atoms with E-state index in [0.717, 1.165) is 0 Å². The van der Waals surface area contributed by atoms with Gasteiger partial charge in [0.05, 0.1) is 0 Å². The molecule has 0 atom stereocenters. The summed E-state index contributed by atoms with van der Waals surface area (Å²) in [5.41, 5.74) is 8.70. The molecule has 0 saturated carbocycles. The molecule has 2 aromatic carbocycles. The van der Waals surface area contributed by atoms with Crippen molar-refractivity contribution in [2.45, 2.75) is 20.8 Å². The molecule has 2 heterocycles. The Labute approximate surface area is 161 Å². The van der Waals surface area contributed by atoms with Crippen molar-refractivity contribution < 1.29 is 4.57 Å². The first-order valence-electron chi connectivity index (χ1n) is 9.36. The average molecular weight is 353 g/mol. The number of rotatable bonds is 3. The van der Waals surface area contributed by atoms with Gasteiger partial charge in [0.15, 0.2) is 0 Å². The maximum atomic E-state index is 2.31. The molecule has 0 radical (unpaired) electrons. The molecule has 0 spiro atoms. The van der Waals surface area contributed by atoms with Crippen LogP contribution in [0.1, 0.15) is 28.2 Å². The lowest BCUT2D eigenvalue weighted by molar-refractivity contribution is -0.646. The molecule has 0 aliphatic carbocycles. The Hall–Kier alpha value is -3.13. The standard InChI is InChI=1S/C25H25N2/c1-18-10-11-21-12-14-23(26(4)25(21)16-18)15-13-22-17-19(2)27(20(22)3)24-8-6-5-7-9-24/h5-17H,1-4H3/q+1. The molecule has 2 nitrogen and oxygen atoms in total. The van der Waals surface area contributed by atoms with Crippen LogP contribution in [-0.2, 0) is 7.05 Å². The van der Waals surface area contributed by atoms with Gasteiger partial charge in [0.1, 0.15) is 7.05 Å². The highest BCUT2D eigenvalue weighted by atomic mass is 15.0. The first kappa shape index (κ1) is 17.3. The summed E-state index contributed by atoms with van der Waals surface area (Å²) in [6, 6.07) is 23.8. The fourth-order valence-corrected chi connectivity index (χ4v) is 3.78. The first-order valence-corrected chi connectivity index (χ1v) is 9.36. The molecular weight excluding hydrogens is 328 g/mol. The number of nitrogens with zero attached hydrogens (tertiary/aromatic N) is 2. The van der Waals surface area contributed by atoms with Crippen molar-refractivity contribution in [3.8, 4) is 5.69 Å². The molecule has 0 N–H and O–H groups in total. The lowest BCUT2D eigenvalue weighted by Crippen LogP contribution is -2.32. The summed E-state index contributed by atoms with van der Waals surface area (Å²) in [5.74, 6) is 0. The summed E-state index contributed by atoms with van der Waals surface area (Å²) in [6.07, 6.45) is 4.43. The molecule has 134 valence electrons. The third-order valence-electron chi connectivity index (χ3n) is 5.29. The van der Waals surface area contributed by atoms with Crippen LogP contribution in [0.25, 0.3) is 28.7 Å². The zero-order valence-electron chi connectivity index (χ0n) is 16.4. The van der Waals surface area contributed by atoms with Crippen LogP contribution >= 0.6 is 0 Å². The number of fused-ring (bicyclic) bond motifs is 1. The second-order valence-electron chi connectivity index (χ2n) is 7.21. The van der Waals surface area contributed by atoms with Gasteiger partial charge in [0, 0.05) is 40.7 Å². The third-order valence-corrected chi connectivity index (χ3v) is 5.29. The number of aromatic nitrogens is 2. The Bertz CT molecular complexity index is 1150. The molecule has 27 heavy (non-hydrogen) atoms. The van der Waals surface area contributed by atoms with E-state index in [0.29, 0.717) is 0 Å². The van der Waals surface area contributed by atoms with Crippen LogP contribution < -0.4 is 4.57 Å². The van der Waals surface area contributed by atoms with E-state index < -0.39 is 0 Å². The molecule has 2 aromatic heterocycles. The zero-order valence-corrected chi connectivity index (χ0v) is 16.4. The van der Waals surface area contributed by atoms with Crippen molar-refractivity contribution in [1.29, 1.82) is 0 Å². The topological polar surface area (TPSA) is 8.81 Å². The summed E-state index contributed by atoms with van der Waals surface area (Å²) in [6.45, 7) is 6.49. The lowest BCUT2D eigenvalue weighted by Gasteiger charge is -2.09. The normalized spacial score (nSPS) is 11.6. The van der Waals surface area contributed by atoms with Crippen LogP contribution in [0, 0.1) is 20.8 Å². The molecule has 0 bridgehead atoms. The van der Waals surface area contributed by atoms with Gasteiger partial charge in [0.2, 0.25) is 11.2 Å². The second kappa shape index (κ2) is 6.88. The fraction of sp³-hybridized carbons (Fsp3) is 0.160. The Kier molecular flexibility index (Phi) is 4.41. The summed E-state index contributed by atoms with van der Waals surface area (Å²) in [5, 5.41) is 1.27. The van der Waals surface area contributed by atoms with Crippen LogP contribution in [0.2, 0.25) is 0 Å². The van der Waals surface area contributed by atoms with Gasteiger partial charge in [-0.15, -0.1) is 0 Å². The lowest BCUT2D eigenvalue weighted by atomic mass is 10.1. The van der Waals surface area contributed by atoms with Crippen LogP contribution in [-0.4, -0.2) is 4.57 Å². The average Bonchev–Trinajstić information content (AvgIpc) is 2.96. The summed E-state index contributed by atoms with van der Waals surface area (Å²) < 4.78 is 4.57. The Morgan fingerprint density at radius 2 is 1.56 bits per heavy atom. The van der Waals surface area contributed by atoms with Crippen LogP contribution in [0.5, 0.6) is 0 Å². The molecule has 0 aliphatic rings. The predicted octanol–water partition coefficient (Wildman–Crippen LogP) is 5.55. The number of aryl methyl sites for hydroxylation is 3. The van der Waals surface area contributed by atoms with E-state index in [1.807, 2.05) is 0 Å². The van der Waals surface area contributed by atoms with E-state index in [-0.39, 0.29) is 0 Å². The van der Waals surface area contributed by atoms with Crippen molar-refractivity contribution in [3.05, 3.63) is 94.9 Å². The largest absolute Gasteiger partial charge is 0.318 e. The van der Waals surface area contributed by atoms with Gasteiger partial charge in [0.25, 0.3) is 0 Å². The number of pyridine rings is 1. The highest BCUT2D eigenvalue weighted by Gasteiger charge is 2.11. The van der Waals surface area contributed by atoms with Gasteiger partial charge in [-0.1, -0.05) is 24.3 Å². The van der Waals surface area contributed by atoms with Gasteiger partial charge in [-0.3, -0.25) is 0 Å². The maximum absolute atomic E-state index is 2.31. The Morgan fingerprint density at radius 3 is 2.33 bits per heavy atom. The van der Waals surface area contributed by atoms with Crippen LogP contribution in [0.15, 0.2) is 66.7 Å². The highest BCUT2D eigenvalue weighted by molar-refractivity contribution is 5.78. The molecule has 0 unspecified atom stereocenters. The molecule has 4 aromatic rings. The van der Waals surface area contributed by atoms with Crippen LogP contribution in [0.3, 0.4) is 0 Å². The van der Waals surface area contributed by atoms with E-state index in [4.69, 9.17) is 0 Å². The van der Waals surface area contributed by atoms with Crippen molar-refractivity contribution in [2.24, 2.45) is 7.05 Å². The summed E-state index contributed by atoms with van der Waals surface area (Å²) in [4.78, 5) is 0. The number of hydrogen-bond donors (Lipinski definition) is 0. The molecule has 4 rings (SSSR count). The first-order chi connectivity index (χ1) is 13.0. The second-order valence-corrected chi connectivity index (χ2v) is 7.21. The van der Waals surface area contributed by atoms with Crippen molar-refractivity contribution in [1.82, 2.24) is 4.57 Å². The fourth-order valence-electron chi connectivity index (χ4n) is 3.78. The number of benzene rings is 2. The quantitative estimate of drug-likeness (QED) is 0.427. The smallest absolute Gasteiger partial charge is 0.212 e. The highest BCUT2D eigenvalue weighted by Crippen LogP contribution is 2.22. The van der Waals surface area contributed by atoms with E-state index in [1.54, 1.807) is 0 Å². The predicted molar refractivity (Wildman–Crippen MR) is 114 cm³/mol. The van der Waals surface area contributed by atoms with Crippen molar-refractivity contribution >= 4 is 23.1 Å². The Balaban J connectivity index is 1.74. The van der Waals surface area contributed by atoms with E-state index in [9.17, 15) is 0 Å². The minimum absolute atomic E-state index is 1.19. The Morgan fingerprint density at radius 1 is 0.815 bits per heavy atom. The SMILES string of the molecule is Cc1ccc2ccc(C=Cc3cc(C)n(-c4ccccc4)c3C)[n+](C)c2c1. The van der Waals surface area contributed by atoms with E-state index in [2.05, 4.69) is 116 Å². The van der Waals surface area contributed by atoms with Gasteiger partial charge in [-0.25, -0.2) is 0 Å². The van der Waals surface area contributed by atoms with Gasteiger partial charge < -0.3 is 4.57 Å². The summed E-state index contributed by atoms with van der Waals surface area (Å²) in [7, 11) is 2.13. The molecule has 0 amide bonds. The third kappa shape index (κ3) is 3.19. The van der Waals surface area contributed by atoms with Gasteiger partial charge in [-0.2, -0.15) is 4.57 Å². The van der Waals surface area contributed by atoms with Crippen molar-refractivity contribution in [3.63, 3.8) is 0 Å². The van der Waals surface area contributed by atoms with Gasteiger partial charge >= 0.3 is 0 Å². The maximum Gasteiger partial charge on any atom is 0.212 e.